The van der Waals surface area contributed by atoms with E-state index >= 15 is 0 Å². The lowest BCUT2D eigenvalue weighted by atomic mass is 10.1. The SMILES string of the molecule is CN=C(NCc1ccc(C)cc1SC)NCc1c(C)nn(C)c1C.I. The summed E-state index contributed by atoms with van der Waals surface area (Å²) < 4.78 is 1.92. The van der Waals surface area contributed by atoms with Gasteiger partial charge in [0.2, 0.25) is 0 Å². The minimum atomic E-state index is 0. The number of aromatic nitrogens is 2. The third kappa shape index (κ3) is 5.64. The van der Waals surface area contributed by atoms with Crippen LogP contribution in [-0.2, 0) is 20.1 Å². The first kappa shape index (κ1) is 21.8. The van der Waals surface area contributed by atoms with Gasteiger partial charge in [0.25, 0.3) is 0 Å². The number of aliphatic imine (C=N–C) groups is 1. The second kappa shape index (κ2) is 10.1. The van der Waals surface area contributed by atoms with E-state index in [9.17, 15) is 0 Å². The molecule has 1 aromatic carbocycles. The summed E-state index contributed by atoms with van der Waals surface area (Å²) >= 11 is 1.77. The second-order valence-electron chi connectivity index (χ2n) is 5.87. The van der Waals surface area contributed by atoms with Crippen LogP contribution >= 0.6 is 35.7 Å². The number of aryl methyl sites for hydroxylation is 3. The van der Waals surface area contributed by atoms with Crippen LogP contribution in [-0.4, -0.2) is 29.0 Å². The number of halogens is 1. The molecule has 0 saturated heterocycles. The van der Waals surface area contributed by atoms with Crippen molar-refractivity contribution in [1.29, 1.82) is 0 Å². The second-order valence-corrected chi connectivity index (χ2v) is 6.72. The van der Waals surface area contributed by atoms with Crippen molar-refractivity contribution in [2.75, 3.05) is 13.3 Å². The van der Waals surface area contributed by atoms with E-state index in [1.165, 1.54) is 27.3 Å². The largest absolute Gasteiger partial charge is 0.352 e. The third-order valence-corrected chi connectivity index (χ3v) is 5.02. The van der Waals surface area contributed by atoms with Gasteiger partial charge >= 0.3 is 0 Å². The molecule has 25 heavy (non-hydrogen) atoms. The number of thioether (sulfide) groups is 1. The van der Waals surface area contributed by atoms with E-state index in [4.69, 9.17) is 0 Å². The molecule has 1 heterocycles. The highest BCUT2D eigenvalue weighted by Gasteiger charge is 2.10. The first-order chi connectivity index (χ1) is 11.5. The third-order valence-electron chi connectivity index (χ3n) is 4.20. The summed E-state index contributed by atoms with van der Waals surface area (Å²) in [4.78, 5) is 5.62. The van der Waals surface area contributed by atoms with Gasteiger partial charge in [0.15, 0.2) is 5.96 Å². The van der Waals surface area contributed by atoms with E-state index in [-0.39, 0.29) is 24.0 Å². The smallest absolute Gasteiger partial charge is 0.191 e. The van der Waals surface area contributed by atoms with Gasteiger partial charge in [-0.2, -0.15) is 5.10 Å². The highest BCUT2D eigenvalue weighted by Crippen LogP contribution is 2.21. The van der Waals surface area contributed by atoms with Crippen molar-refractivity contribution in [1.82, 2.24) is 20.4 Å². The van der Waals surface area contributed by atoms with Crippen molar-refractivity contribution < 1.29 is 0 Å². The minimum Gasteiger partial charge on any atom is -0.352 e. The van der Waals surface area contributed by atoms with Gasteiger partial charge in [-0.1, -0.05) is 12.1 Å². The number of hydrogen-bond acceptors (Lipinski definition) is 3. The fourth-order valence-electron chi connectivity index (χ4n) is 2.64. The highest BCUT2D eigenvalue weighted by molar-refractivity contribution is 14.0. The van der Waals surface area contributed by atoms with Crippen LogP contribution in [0.2, 0.25) is 0 Å². The van der Waals surface area contributed by atoms with Gasteiger partial charge in [-0.15, -0.1) is 35.7 Å². The van der Waals surface area contributed by atoms with Crippen LogP contribution in [0.4, 0.5) is 0 Å². The molecule has 2 aromatic rings. The van der Waals surface area contributed by atoms with Crippen LogP contribution in [0.25, 0.3) is 0 Å². The van der Waals surface area contributed by atoms with Crippen molar-refractivity contribution >= 4 is 41.7 Å². The molecule has 0 aliphatic rings. The number of hydrogen-bond donors (Lipinski definition) is 2. The van der Waals surface area contributed by atoms with Crippen LogP contribution in [0.5, 0.6) is 0 Å². The molecule has 138 valence electrons. The molecule has 0 bridgehead atoms. The molecule has 0 atom stereocenters. The molecule has 1 aromatic heterocycles. The molecular weight excluding hydrogens is 445 g/mol. The molecule has 2 N–H and O–H groups in total. The summed E-state index contributed by atoms with van der Waals surface area (Å²) in [5, 5.41) is 11.2. The lowest BCUT2D eigenvalue weighted by Gasteiger charge is -2.14. The van der Waals surface area contributed by atoms with Gasteiger partial charge in [0.05, 0.1) is 5.69 Å². The van der Waals surface area contributed by atoms with E-state index in [2.05, 4.69) is 59.0 Å². The van der Waals surface area contributed by atoms with Gasteiger partial charge in [0, 0.05) is 43.3 Å². The van der Waals surface area contributed by atoms with E-state index in [1.807, 2.05) is 18.7 Å². The first-order valence-corrected chi connectivity index (χ1v) is 9.25. The summed E-state index contributed by atoms with van der Waals surface area (Å²) in [7, 11) is 3.77. The Bertz CT molecular complexity index is 739. The average molecular weight is 473 g/mol. The highest BCUT2D eigenvalue weighted by atomic mass is 127. The molecule has 0 aliphatic carbocycles. The predicted octanol–water partition coefficient (Wildman–Crippen LogP) is 3.55. The Morgan fingerprint density at radius 1 is 1.20 bits per heavy atom. The van der Waals surface area contributed by atoms with Crippen molar-refractivity contribution in [2.24, 2.45) is 12.0 Å². The van der Waals surface area contributed by atoms with Crippen LogP contribution in [0.3, 0.4) is 0 Å². The molecule has 5 nitrogen and oxygen atoms in total. The number of guanidine groups is 1. The van der Waals surface area contributed by atoms with Gasteiger partial charge < -0.3 is 10.6 Å². The monoisotopic (exact) mass is 473 g/mol. The standard InChI is InChI=1S/C18H27N5S.HI/c1-12-7-8-15(17(9-12)24-6)10-20-18(19-4)21-11-16-13(2)22-23(5)14(16)3;/h7-9H,10-11H2,1-6H3,(H2,19,20,21);1H. The summed E-state index contributed by atoms with van der Waals surface area (Å²) in [6, 6.07) is 6.55. The molecule has 0 fully saturated rings. The zero-order valence-corrected chi connectivity index (χ0v) is 19.0. The van der Waals surface area contributed by atoms with E-state index < -0.39 is 0 Å². The minimum absolute atomic E-state index is 0. The number of nitrogens with one attached hydrogen (secondary N) is 2. The maximum absolute atomic E-state index is 4.45. The molecule has 0 amide bonds. The Morgan fingerprint density at radius 2 is 1.88 bits per heavy atom. The topological polar surface area (TPSA) is 54.2 Å². The van der Waals surface area contributed by atoms with E-state index in [0.717, 1.165) is 18.2 Å². The summed E-state index contributed by atoms with van der Waals surface area (Å²) in [6.45, 7) is 7.72. The average Bonchev–Trinajstić information content (AvgIpc) is 2.81. The molecule has 0 unspecified atom stereocenters. The van der Waals surface area contributed by atoms with Gasteiger partial charge in [-0.05, 0) is 44.2 Å². The fourth-order valence-corrected chi connectivity index (χ4v) is 3.35. The number of benzene rings is 1. The first-order valence-electron chi connectivity index (χ1n) is 8.03. The molecule has 0 radical (unpaired) electrons. The van der Waals surface area contributed by atoms with Crippen LogP contribution in [0.15, 0.2) is 28.1 Å². The maximum Gasteiger partial charge on any atom is 0.191 e. The van der Waals surface area contributed by atoms with E-state index in [1.54, 1.807) is 18.8 Å². The Hall–Kier alpha value is -1.22. The van der Waals surface area contributed by atoms with Crippen molar-refractivity contribution in [3.8, 4) is 0 Å². The molecule has 0 spiro atoms. The Kier molecular flexibility index (Phi) is 8.78. The lowest BCUT2D eigenvalue weighted by Crippen LogP contribution is -2.36. The Morgan fingerprint density at radius 3 is 2.44 bits per heavy atom. The Labute approximate surface area is 172 Å². The molecule has 7 heteroatoms. The summed E-state index contributed by atoms with van der Waals surface area (Å²) in [6.07, 6.45) is 2.11. The van der Waals surface area contributed by atoms with Crippen LogP contribution in [0, 0.1) is 20.8 Å². The number of rotatable bonds is 5. The van der Waals surface area contributed by atoms with Gasteiger partial charge in [0.1, 0.15) is 0 Å². The quantitative estimate of drug-likeness (QED) is 0.302. The normalized spacial score (nSPS) is 11.2. The molecule has 0 saturated carbocycles. The molecule has 0 aliphatic heterocycles. The summed E-state index contributed by atoms with van der Waals surface area (Å²) in [5.41, 5.74) is 6.03. The van der Waals surface area contributed by atoms with Crippen LogP contribution in [0.1, 0.15) is 28.1 Å². The predicted molar refractivity (Wildman–Crippen MR) is 118 cm³/mol. The van der Waals surface area contributed by atoms with Crippen molar-refractivity contribution in [2.45, 2.75) is 38.8 Å². The zero-order valence-electron chi connectivity index (χ0n) is 15.8. The lowest BCUT2D eigenvalue weighted by molar-refractivity contribution is 0.728. The van der Waals surface area contributed by atoms with Gasteiger partial charge in [-0.3, -0.25) is 9.67 Å². The summed E-state index contributed by atoms with van der Waals surface area (Å²) in [5.74, 6) is 0.797. The molecule has 2 rings (SSSR count). The zero-order chi connectivity index (χ0) is 17.7. The Balaban J connectivity index is 0.00000312. The fraction of sp³-hybridized carbons (Fsp3) is 0.444. The number of nitrogens with zero attached hydrogens (tertiary/aromatic N) is 3. The van der Waals surface area contributed by atoms with Crippen molar-refractivity contribution in [3.63, 3.8) is 0 Å². The van der Waals surface area contributed by atoms with E-state index in [0.29, 0.717) is 6.54 Å². The molecular formula is C18H28IN5S. The van der Waals surface area contributed by atoms with Crippen LogP contribution < -0.4 is 10.6 Å². The van der Waals surface area contributed by atoms with Crippen molar-refractivity contribution in [3.05, 3.63) is 46.3 Å². The van der Waals surface area contributed by atoms with Gasteiger partial charge in [-0.25, -0.2) is 0 Å². The maximum atomic E-state index is 4.45.